The Morgan fingerprint density at radius 3 is 2.74 bits per heavy atom. The SMILES string of the molecule is O=C(CNc1ccc(Cl)cc1Br)NN=CC=Cc1ccccc1. The van der Waals surface area contributed by atoms with Crippen LogP contribution in [-0.2, 0) is 4.79 Å². The number of anilines is 1. The fourth-order valence-electron chi connectivity index (χ4n) is 1.72. The molecule has 2 rings (SSSR count). The molecule has 0 atom stereocenters. The summed E-state index contributed by atoms with van der Waals surface area (Å²) in [5.41, 5.74) is 4.30. The molecule has 2 aromatic carbocycles. The number of hydrazone groups is 1. The van der Waals surface area contributed by atoms with Gasteiger partial charge in [0.25, 0.3) is 5.91 Å². The molecule has 0 saturated heterocycles. The maximum Gasteiger partial charge on any atom is 0.259 e. The van der Waals surface area contributed by atoms with Gasteiger partial charge in [-0.3, -0.25) is 4.79 Å². The van der Waals surface area contributed by atoms with Crippen LogP contribution in [0.5, 0.6) is 0 Å². The molecular weight excluding hydrogens is 378 g/mol. The maximum absolute atomic E-state index is 11.7. The van der Waals surface area contributed by atoms with E-state index in [1.165, 1.54) is 6.21 Å². The molecular formula is C17H15BrClN3O. The van der Waals surface area contributed by atoms with Crippen molar-refractivity contribution < 1.29 is 4.79 Å². The number of nitrogens with one attached hydrogen (secondary N) is 2. The highest BCUT2D eigenvalue weighted by molar-refractivity contribution is 9.10. The molecule has 1 amide bonds. The van der Waals surface area contributed by atoms with Crippen molar-refractivity contribution >= 4 is 51.4 Å². The van der Waals surface area contributed by atoms with E-state index in [1.807, 2.05) is 36.4 Å². The van der Waals surface area contributed by atoms with E-state index >= 15 is 0 Å². The molecule has 2 N–H and O–H groups in total. The second-order valence-electron chi connectivity index (χ2n) is 4.56. The zero-order valence-electron chi connectivity index (χ0n) is 12.2. The molecule has 4 nitrogen and oxygen atoms in total. The number of benzene rings is 2. The van der Waals surface area contributed by atoms with Crippen LogP contribution < -0.4 is 10.7 Å². The van der Waals surface area contributed by atoms with Gasteiger partial charge in [-0.25, -0.2) is 5.43 Å². The average molecular weight is 393 g/mol. The van der Waals surface area contributed by atoms with Crippen LogP contribution >= 0.6 is 27.5 Å². The molecule has 6 heteroatoms. The number of halogens is 2. The van der Waals surface area contributed by atoms with Crippen LogP contribution in [0.15, 0.2) is 64.2 Å². The summed E-state index contributed by atoms with van der Waals surface area (Å²) in [6, 6.07) is 15.1. The van der Waals surface area contributed by atoms with Gasteiger partial charge in [-0.05, 0) is 45.8 Å². The second-order valence-corrected chi connectivity index (χ2v) is 5.85. The third-order valence-corrected chi connectivity index (χ3v) is 3.70. The number of amides is 1. The van der Waals surface area contributed by atoms with Gasteiger partial charge in [-0.1, -0.05) is 48.0 Å². The lowest BCUT2D eigenvalue weighted by Gasteiger charge is -2.07. The highest BCUT2D eigenvalue weighted by Crippen LogP contribution is 2.25. The molecule has 0 aliphatic heterocycles. The molecule has 0 aliphatic rings. The summed E-state index contributed by atoms with van der Waals surface area (Å²) in [7, 11) is 0. The Kier molecular flexibility index (Phi) is 6.84. The summed E-state index contributed by atoms with van der Waals surface area (Å²) >= 11 is 9.23. The van der Waals surface area contributed by atoms with Gasteiger partial charge in [0, 0.05) is 21.4 Å². The minimum atomic E-state index is -0.240. The summed E-state index contributed by atoms with van der Waals surface area (Å²) in [5, 5.41) is 7.47. The molecule has 23 heavy (non-hydrogen) atoms. The first-order valence-corrected chi connectivity index (χ1v) is 8.05. The molecule has 118 valence electrons. The van der Waals surface area contributed by atoms with Crippen LogP contribution in [0, 0.1) is 0 Å². The number of hydrogen-bond acceptors (Lipinski definition) is 3. The average Bonchev–Trinajstić information content (AvgIpc) is 2.54. The Balaban J connectivity index is 1.74. The standard InChI is InChI=1S/C17H15BrClN3O/c18-15-11-14(19)8-9-16(15)20-12-17(23)22-21-10-4-7-13-5-2-1-3-6-13/h1-11,20H,12H2,(H,22,23). The Hall–Kier alpha value is -2.11. The third-order valence-electron chi connectivity index (χ3n) is 2.81. The van der Waals surface area contributed by atoms with Crippen molar-refractivity contribution in [3.8, 4) is 0 Å². The van der Waals surface area contributed by atoms with Crippen LogP contribution in [0.1, 0.15) is 5.56 Å². The number of carbonyl (C=O) groups is 1. The van der Waals surface area contributed by atoms with E-state index in [9.17, 15) is 4.79 Å². The lowest BCUT2D eigenvalue weighted by molar-refractivity contribution is -0.119. The topological polar surface area (TPSA) is 53.5 Å². The van der Waals surface area contributed by atoms with Gasteiger partial charge >= 0.3 is 0 Å². The molecule has 0 bridgehead atoms. The zero-order valence-corrected chi connectivity index (χ0v) is 14.5. The number of allylic oxidation sites excluding steroid dienone is 1. The predicted octanol–water partition coefficient (Wildman–Crippen LogP) is 4.33. The fourth-order valence-corrected chi connectivity index (χ4v) is 2.54. The molecule has 0 heterocycles. The van der Waals surface area contributed by atoms with Crippen LogP contribution in [0.4, 0.5) is 5.69 Å². The number of rotatable bonds is 6. The van der Waals surface area contributed by atoms with E-state index in [-0.39, 0.29) is 12.5 Å². The van der Waals surface area contributed by atoms with E-state index in [2.05, 4.69) is 31.8 Å². The maximum atomic E-state index is 11.7. The van der Waals surface area contributed by atoms with E-state index in [0.29, 0.717) is 5.02 Å². The Morgan fingerprint density at radius 2 is 2.00 bits per heavy atom. The van der Waals surface area contributed by atoms with Crippen molar-refractivity contribution in [1.82, 2.24) is 5.43 Å². The van der Waals surface area contributed by atoms with Gasteiger partial charge in [0.15, 0.2) is 0 Å². The molecule has 2 aromatic rings. The normalized spacial score (nSPS) is 11.0. The fraction of sp³-hybridized carbons (Fsp3) is 0.0588. The molecule has 0 radical (unpaired) electrons. The molecule has 0 aromatic heterocycles. The third kappa shape index (κ3) is 6.26. The van der Waals surface area contributed by atoms with E-state index in [4.69, 9.17) is 11.6 Å². The second kappa shape index (κ2) is 9.12. The summed E-state index contributed by atoms with van der Waals surface area (Å²) < 4.78 is 0.798. The van der Waals surface area contributed by atoms with Crippen LogP contribution in [0.2, 0.25) is 5.02 Å². The van der Waals surface area contributed by atoms with Crippen LogP contribution in [-0.4, -0.2) is 18.7 Å². The molecule has 0 aliphatic carbocycles. The molecule has 0 unspecified atom stereocenters. The van der Waals surface area contributed by atoms with E-state index in [1.54, 1.807) is 24.3 Å². The number of hydrogen-bond donors (Lipinski definition) is 2. The largest absolute Gasteiger partial charge is 0.375 e. The van der Waals surface area contributed by atoms with Crippen LogP contribution in [0.3, 0.4) is 0 Å². The summed E-state index contributed by atoms with van der Waals surface area (Å²) in [6.07, 6.45) is 5.20. The van der Waals surface area contributed by atoms with Crippen molar-refractivity contribution in [2.75, 3.05) is 11.9 Å². The van der Waals surface area contributed by atoms with Crippen molar-refractivity contribution in [3.05, 3.63) is 69.7 Å². The molecule has 0 saturated carbocycles. The highest BCUT2D eigenvalue weighted by Gasteiger charge is 2.03. The predicted molar refractivity (Wildman–Crippen MR) is 99.8 cm³/mol. The Labute approximate surface area is 148 Å². The molecule has 0 spiro atoms. The first-order valence-electron chi connectivity index (χ1n) is 6.88. The Bertz CT molecular complexity index is 717. The first-order chi connectivity index (χ1) is 11.1. The summed E-state index contributed by atoms with van der Waals surface area (Å²) in [6.45, 7) is 0.111. The minimum absolute atomic E-state index is 0.111. The van der Waals surface area contributed by atoms with Crippen LogP contribution in [0.25, 0.3) is 6.08 Å². The van der Waals surface area contributed by atoms with Gasteiger partial charge in [0.05, 0.1) is 6.54 Å². The van der Waals surface area contributed by atoms with Crippen molar-refractivity contribution in [2.45, 2.75) is 0 Å². The van der Waals surface area contributed by atoms with Crippen molar-refractivity contribution in [2.24, 2.45) is 5.10 Å². The molecule has 0 fully saturated rings. The lowest BCUT2D eigenvalue weighted by Crippen LogP contribution is -2.25. The van der Waals surface area contributed by atoms with Gasteiger partial charge in [0.1, 0.15) is 0 Å². The zero-order chi connectivity index (χ0) is 16.5. The lowest BCUT2D eigenvalue weighted by atomic mass is 10.2. The van der Waals surface area contributed by atoms with Gasteiger partial charge in [-0.2, -0.15) is 5.10 Å². The number of nitrogens with zero attached hydrogens (tertiary/aromatic N) is 1. The number of carbonyl (C=O) groups excluding carboxylic acids is 1. The van der Waals surface area contributed by atoms with Crippen molar-refractivity contribution in [3.63, 3.8) is 0 Å². The van der Waals surface area contributed by atoms with E-state index < -0.39 is 0 Å². The summed E-state index contributed by atoms with van der Waals surface area (Å²) in [5.74, 6) is -0.240. The van der Waals surface area contributed by atoms with Crippen molar-refractivity contribution in [1.29, 1.82) is 0 Å². The monoisotopic (exact) mass is 391 g/mol. The minimum Gasteiger partial charge on any atom is -0.375 e. The van der Waals surface area contributed by atoms with Gasteiger partial charge in [-0.15, -0.1) is 0 Å². The quantitative estimate of drug-likeness (QED) is 0.568. The summed E-state index contributed by atoms with van der Waals surface area (Å²) in [4.78, 5) is 11.7. The first kappa shape index (κ1) is 17.2. The Morgan fingerprint density at radius 1 is 1.22 bits per heavy atom. The smallest absolute Gasteiger partial charge is 0.259 e. The van der Waals surface area contributed by atoms with E-state index in [0.717, 1.165) is 15.7 Å². The van der Waals surface area contributed by atoms with Gasteiger partial charge in [0.2, 0.25) is 0 Å². The van der Waals surface area contributed by atoms with Gasteiger partial charge < -0.3 is 5.32 Å². The highest BCUT2D eigenvalue weighted by atomic mass is 79.9.